The van der Waals surface area contributed by atoms with Gasteiger partial charge in [-0.2, -0.15) is 0 Å². The fourth-order valence-corrected chi connectivity index (χ4v) is 2.58. The van der Waals surface area contributed by atoms with Gasteiger partial charge in [0.25, 0.3) is 5.56 Å². The van der Waals surface area contributed by atoms with Crippen LogP contribution in [-0.4, -0.2) is 21.6 Å². The number of aromatic amines is 1. The number of rotatable bonds is 6. The number of aliphatic hydroxyl groups excluding tert-OH is 1. The molecule has 6 nitrogen and oxygen atoms in total. The highest BCUT2D eigenvalue weighted by Gasteiger charge is 2.27. The molecular weight excluding hydrogens is 365 g/mol. The lowest BCUT2D eigenvalue weighted by Crippen LogP contribution is -2.19. The first kappa shape index (κ1) is 19.8. The molecule has 0 aliphatic carbocycles. The number of nitrogens with one attached hydrogen (secondary N) is 2. The average molecular weight is 380 g/mol. The third-order valence-electron chi connectivity index (χ3n) is 3.85. The predicted molar refractivity (Wildman–Crippen MR) is 90.6 cm³/mol. The van der Waals surface area contributed by atoms with Crippen LogP contribution in [0.15, 0.2) is 52.8 Å². The number of pyridine rings is 1. The number of carbonyl (C=O) groups is 1. The third-order valence-corrected chi connectivity index (χ3v) is 3.85. The zero-order valence-electron chi connectivity index (χ0n) is 14.0. The molecule has 0 saturated heterocycles. The summed E-state index contributed by atoms with van der Waals surface area (Å²) in [6, 6.07) is 2.48. The molecule has 9 heteroatoms. The maximum absolute atomic E-state index is 13.7. The van der Waals surface area contributed by atoms with Gasteiger partial charge >= 0.3 is 0 Å². The number of allylic oxidation sites excluding steroid dienone is 2. The fourth-order valence-electron chi connectivity index (χ4n) is 2.58. The molecule has 1 aromatic heterocycles. The van der Waals surface area contributed by atoms with Crippen LogP contribution in [0.25, 0.3) is 0 Å². The molecule has 0 bridgehead atoms. The number of aromatic nitrogens is 1. The summed E-state index contributed by atoms with van der Waals surface area (Å²) in [6.45, 7) is 1.34. The minimum atomic E-state index is -1.69. The van der Waals surface area contributed by atoms with Crippen LogP contribution in [0.4, 0.5) is 13.2 Å². The Morgan fingerprint density at radius 1 is 1.26 bits per heavy atom. The topological polar surface area (TPSA) is 102 Å². The van der Waals surface area contributed by atoms with Gasteiger partial charge < -0.3 is 20.5 Å². The van der Waals surface area contributed by atoms with Gasteiger partial charge in [-0.1, -0.05) is 0 Å². The average Bonchev–Trinajstić information content (AvgIpc) is 2.62. The SMILES string of the molecule is C/C(=C(O)\C=C/NC=O)C(c1cc(F)c(F)c(F)c1)c1c(O)cc[nH]c1=O. The van der Waals surface area contributed by atoms with E-state index in [2.05, 4.69) is 10.3 Å². The fraction of sp³-hybridized carbons (Fsp3) is 0.111. The Bertz CT molecular complexity index is 960. The Morgan fingerprint density at radius 3 is 2.44 bits per heavy atom. The van der Waals surface area contributed by atoms with E-state index in [1.54, 1.807) is 0 Å². The van der Waals surface area contributed by atoms with Crippen LogP contribution in [0.5, 0.6) is 5.75 Å². The molecule has 1 atom stereocenters. The molecule has 1 amide bonds. The van der Waals surface area contributed by atoms with Gasteiger partial charge in [0.15, 0.2) is 17.5 Å². The number of aromatic hydroxyl groups is 1. The highest BCUT2D eigenvalue weighted by molar-refractivity contribution is 5.49. The van der Waals surface area contributed by atoms with Gasteiger partial charge in [0.2, 0.25) is 6.41 Å². The number of amides is 1. The number of benzene rings is 1. The summed E-state index contributed by atoms with van der Waals surface area (Å²) in [7, 11) is 0. The van der Waals surface area contributed by atoms with E-state index in [0.29, 0.717) is 18.5 Å². The summed E-state index contributed by atoms with van der Waals surface area (Å²) >= 11 is 0. The standard InChI is InChI=1S/C18H15F3N2O4/c1-9(13(25)2-4-22-8-24)15(16-14(26)3-5-23-18(16)27)10-6-11(19)17(21)12(20)7-10/h2-8,15,25H,1H3,(H,22,24)(H2,23,26,27)/b4-2-,13-9-. The Morgan fingerprint density at radius 2 is 1.89 bits per heavy atom. The van der Waals surface area contributed by atoms with E-state index in [4.69, 9.17) is 0 Å². The van der Waals surface area contributed by atoms with Gasteiger partial charge in [0.05, 0.1) is 5.56 Å². The van der Waals surface area contributed by atoms with Crippen molar-refractivity contribution in [1.29, 1.82) is 0 Å². The Kier molecular flexibility index (Phi) is 6.07. The van der Waals surface area contributed by atoms with Crippen LogP contribution >= 0.6 is 0 Å². The quantitative estimate of drug-likeness (QED) is 0.268. The maximum Gasteiger partial charge on any atom is 0.255 e. The van der Waals surface area contributed by atoms with E-state index >= 15 is 0 Å². The summed E-state index contributed by atoms with van der Waals surface area (Å²) in [4.78, 5) is 24.8. The first-order valence-corrected chi connectivity index (χ1v) is 7.58. The lowest BCUT2D eigenvalue weighted by Gasteiger charge is -2.20. The van der Waals surface area contributed by atoms with Crippen LogP contribution < -0.4 is 10.9 Å². The Balaban J connectivity index is 2.76. The molecule has 4 N–H and O–H groups in total. The van der Waals surface area contributed by atoms with E-state index < -0.39 is 40.4 Å². The minimum Gasteiger partial charge on any atom is -0.508 e. The molecule has 0 aliphatic rings. The van der Waals surface area contributed by atoms with Crippen molar-refractivity contribution in [3.05, 3.63) is 86.9 Å². The van der Waals surface area contributed by atoms with Crippen LogP contribution in [0.3, 0.4) is 0 Å². The zero-order chi connectivity index (χ0) is 20.1. The number of hydrogen-bond acceptors (Lipinski definition) is 4. The zero-order valence-corrected chi connectivity index (χ0v) is 14.0. The molecule has 27 heavy (non-hydrogen) atoms. The highest BCUT2D eigenvalue weighted by Crippen LogP contribution is 2.36. The van der Waals surface area contributed by atoms with Gasteiger partial charge in [-0.15, -0.1) is 0 Å². The molecule has 0 radical (unpaired) electrons. The third kappa shape index (κ3) is 4.20. The van der Waals surface area contributed by atoms with Crippen molar-refractivity contribution < 1.29 is 28.2 Å². The van der Waals surface area contributed by atoms with Crippen molar-refractivity contribution in [3.8, 4) is 5.75 Å². The van der Waals surface area contributed by atoms with E-state index in [-0.39, 0.29) is 16.7 Å². The molecule has 2 rings (SSSR count). The van der Waals surface area contributed by atoms with E-state index in [1.165, 1.54) is 6.92 Å². The number of aliphatic hydroxyl groups is 1. The predicted octanol–water partition coefficient (Wildman–Crippen LogP) is 2.72. The molecule has 1 unspecified atom stereocenters. The van der Waals surface area contributed by atoms with Gasteiger partial charge in [-0.05, 0) is 42.3 Å². The normalized spacial score (nSPS) is 13.3. The summed E-state index contributed by atoms with van der Waals surface area (Å²) < 4.78 is 40.8. The largest absolute Gasteiger partial charge is 0.508 e. The van der Waals surface area contributed by atoms with Crippen molar-refractivity contribution in [3.63, 3.8) is 0 Å². The van der Waals surface area contributed by atoms with Crippen molar-refractivity contribution in [2.75, 3.05) is 0 Å². The number of hydrogen-bond donors (Lipinski definition) is 4. The van der Waals surface area contributed by atoms with Crippen LogP contribution in [0.2, 0.25) is 0 Å². The number of halogens is 3. The van der Waals surface area contributed by atoms with Crippen LogP contribution in [0, 0.1) is 17.5 Å². The molecule has 2 aromatic rings. The van der Waals surface area contributed by atoms with E-state index in [9.17, 15) is 33.0 Å². The van der Waals surface area contributed by atoms with Gasteiger partial charge in [-0.3, -0.25) is 9.59 Å². The minimum absolute atomic E-state index is 0.0105. The molecule has 1 aromatic carbocycles. The van der Waals surface area contributed by atoms with E-state index in [1.807, 2.05) is 0 Å². The summed E-state index contributed by atoms with van der Waals surface area (Å²) in [5.74, 6) is -6.91. The van der Waals surface area contributed by atoms with Crippen molar-refractivity contribution >= 4 is 6.41 Å². The van der Waals surface area contributed by atoms with Crippen LogP contribution in [0.1, 0.15) is 24.0 Å². The van der Waals surface area contributed by atoms with Crippen LogP contribution in [-0.2, 0) is 4.79 Å². The molecule has 142 valence electrons. The lowest BCUT2D eigenvalue weighted by molar-refractivity contribution is -0.108. The first-order chi connectivity index (χ1) is 12.8. The highest BCUT2D eigenvalue weighted by atomic mass is 19.2. The smallest absolute Gasteiger partial charge is 0.255 e. The monoisotopic (exact) mass is 380 g/mol. The molecule has 0 saturated carbocycles. The lowest BCUT2D eigenvalue weighted by atomic mass is 9.84. The maximum atomic E-state index is 13.7. The molecule has 0 fully saturated rings. The van der Waals surface area contributed by atoms with Crippen molar-refractivity contribution in [1.82, 2.24) is 10.3 Å². The number of H-pyrrole nitrogens is 1. The van der Waals surface area contributed by atoms with Crippen molar-refractivity contribution in [2.45, 2.75) is 12.8 Å². The molecule has 0 spiro atoms. The summed E-state index contributed by atoms with van der Waals surface area (Å²) in [5, 5.41) is 22.5. The second-order valence-corrected chi connectivity index (χ2v) is 5.52. The number of carbonyl (C=O) groups excluding carboxylic acids is 1. The Labute approximate surface area is 151 Å². The first-order valence-electron chi connectivity index (χ1n) is 7.58. The van der Waals surface area contributed by atoms with Gasteiger partial charge in [-0.25, -0.2) is 13.2 Å². The second kappa shape index (κ2) is 8.26. The summed E-state index contributed by atoms with van der Waals surface area (Å²) in [5.41, 5.74) is -1.27. The van der Waals surface area contributed by atoms with E-state index in [0.717, 1.165) is 24.5 Å². The van der Waals surface area contributed by atoms with Gasteiger partial charge in [0.1, 0.15) is 11.5 Å². The van der Waals surface area contributed by atoms with Gasteiger partial charge in [0, 0.05) is 18.3 Å². The summed E-state index contributed by atoms with van der Waals surface area (Å²) in [6.07, 6.45) is 3.66. The van der Waals surface area contributed by atoms with Crippen molar-refractivity contribution in [2.24, 2.45) is 0 Å². The Hall–Kier alpha value is -3.49. The molecular formula is C18H15F3N2O4. The molecule has 1 heterocycles. The molecule has 0 aliphatic heterocycles. The second-order valence-electron chi connectivity index (χ2n) is 5.52.